The van der Waals surface area contributed by atoms with E-state index in [0.29, 0.717) is 34.4 Å². The highest BCUT2D eigenvalue weighted by atomic mass is 35.5. The van der Waals surface area contributed by atoms with Crippen LogP contribution in [0.25, 0.3) is 0 Å². The molecule has 0 amide bonds. The second kappa shape index (κ2) is 6.64. The van der Waals surface area contributed by atoms with Crippen molar-refractivity contribution in [3.63, 3.8) is 0 Å². The van der Waals surface area contributed by atoms with Crippen LogP contribution in [0.5, 0.6) is 0 Å². The molecule has 1 fully saturated rings. The minimum atomic E-state index is -3.19. The summed E-state index contributed by atoms with van der Waals surface area (Å²) in [7, 11) is -4.46. The maximum absolute atomic E-state index is 12.4. The van der Waals surface area contributed by atoms with Crippen molar-refractivity contribution in [2.45, 2.75) is 17.7 Å². The van der Waals surface area contributed by atoms with Gasteiger partial charge in [0.05, 0.1) is 27.0 Å². The zero-order chi connectivity index (χ0) is 15.6. The molecule has 118 valence electrons. The summed E-state index contributed by atoms with van der Waals surface area (Å²) in [5.74, 6) is 0.474. The van der Waals surface area contributed by atoms with Gasteiger partial charge in [0, 0.05) is 24.5 Å². The quantitative estimate of drug-likeness (QED) is 0.838. The number of nitrogens with zero attached hydrogens (tertiary/aromatic N) is 1. The van der Waals surface area contributed by atoms with Crippen LogP contribution in [-0.4, -0.2) is 42.0 Å². The number of piperidine rings is 1. The number of nitrogen functional groups attached to an aromatic ring is 1. The lowest BCUT2D eigenvalue weighted by atomic mass is 10.0. The molecule has 0 saturated carbocycles. The minimum absolute atomic E-state index is 0.0757. The van der Waals surface area contributed by atoms with Gasteiger partial charge < -0.3 is 5.73 Å². The van der Waals surface area contributed by atoms with Gasteiger partial charge in [-0.3, -0.25) is 4.21 Å². The van der Waals surface area contributed by atoms with Crippen LogP contribution in [0.4, 0.5) is 5.69 Å². The lowest BCUT2D eigenvalue weighted by Gasteiger charge is -2.30. The number of halogens is 1. The van der Waals surface area contributed by atoms with E-state index < -0.39 is 20.8 Å². The van der Waals surface area contributed by atoms with E-state index in [1.807, 2.05) is 0 Å². The van der Waals surface area contributed by atoms with Crippen molar-refractivity contribution >= 4 is 38.1 Å². The fourth-order valence-corrected chi connectivity index (χ4v) is 5.21. The van der Waals surface area contributed by atoms with E-state index in [-0.39, 0.29) is 5.92 Å². The van der Waals surface area contributed by atoms with Crippen LogP contribution in [0.15, 0.2) is 23.1 Å². The molecule has 0 aromatic heterocycles. The third-order valence-corrected chi connectivity index (χ3v) is 6.85. The van der Waals surface area contributed by atoms with Gasteiger partial charge in [-0.15, -0.1) is 0 Å². The molecular formula is C13H19ClN2O3S2. The summed E-state index contributed by atoms with van der Waals surface area (Å²) in [6.07, 6.45) is 2.87. The molecule has 21 heavy (non-hydrogen) atoms. The van der Waals surface area contributed by atoms with Gasteiger partial charge >= 0.3 is 0 Å². The lowest BCUT2D eigenvalue weighted by Crippen LogP contribution is -2.40. The highest BCUT2D eigenvalue weighted by Crippen LogP contribution is 2.26. The molecular weight excluding hydrogens is 332 g/mol. The molecule has 5 nitrogen and oxygen atoms in total. The molecule has 0 spiro atoms. The van der Waals surface area contributed by atoms with Crippen molar-refractivity contribution < 1.29 is 12.6 Å². The van der Waals surface area contributed by atoms with E-state index in [1.54, 1.807) is 18.2 Å². The largest absolute Gasteiger partial charge is 0.399 e. The van der Waals surface area contributed by atoms with Crippen molar-refractivity contribution in [1.29, 1.82) is 0 Å². The molecule has 1 saturated heterocycles. The van der Waals surface area contributed by atoms with Gasteiger partial charge in [0.15, 0.2) is 0 Å². The van der Waals surface area contributed by atoms with E-state index in [2.05, 4.69) is 0 Å². The Morgan fingerprint density at radius 3 is 2.86 bits per heavy atom. The minimum Gasteiger partial charge on any atom is -0.399 e. The number of rotatable bonds is 4. The van der Waals surface area contributed by atoms with Crippen molar-refractivity contribution in [2.75, 3.05) is 30.8 Å². The standard InChI is InChI=1S/C13H19ClN2O3S2/c1-21(18,19)16-6-2-3-10(8-16)9-20(17)13-7-11(15)4-5-12(13)14/h4-5,7,10H,2-3,6,8-9,15H2,1H3. The van der Waals surface area contributed by atoms with Gasteiger partial charge in [-0.25, -0.2) is 12.7 Å². The van der Waals surface area contributed by atoms with E-state index in [0.717, 1.165) is 12.8 Å². The summed E-state index contributed by atoms with van der Waals surface area (Å²) in [5.41, 5.74) is 6.21. The SMILES string of the molecule is CS(=O)(=O)N1CCCC(CS(=O)c2cc(N)ccc2Cl)C1. The molecule has 1 aliphatic heterocycles. The Kier molecular flexibility index (Phi) is 5.29. The molecule has 0 radical (unpaired) electrons. The van der Waals surface area contributed by atoms with Crippen molar-refractivity contribution in [3.05, 3.63) is 23.2 Å². The second-order valence-corrected chi connectivity index (χ2v) is 9.19. The van der Waals surface area contributed by atoms with Gasteiger partial charge in [-0.05, 0) is 37.0 Å². The first-order chi connectivity index (χ1) is 9.77. The van der Waals surface area contributed by atoms with Crippen LogP contribution in [0.2, 0.25) is 5.02 Å². The first-order valence-electron chi connectivity index (χ1n) is 6.66. The predicted molar refractivity (Wildman–Crippen MR) is 86.3 cm³/mol. The number of hydrogen-bond acceptors (Lipinski definition) is 4. The molecule has 2 rings (SSSR count). The van der Waals surface area contributed by atoms with Crippen LogP contribution in [0.3, 0.4) is 0 Å². The van der Waals surface area contributed by atoms with E-state index in [1.165, 1.54) is 10.6 Å². The summed E-state index contributed by atoms with van der Waals surface area (Å²) < 4.78 is 37.1. The summed E-state index contributed by atoms with van der Waals surface area (Å²) in [6.45, 7) is 0.964. The van der Waals surface area contributed by atoms with Crippen LogP contribution >= 0.6 is 11.6 Å². The predicted octanol–water partition coefficient (Wildman–Crippen LogP) is 1.70. The van der Waals surface area contributed by atoms with Crippen molar-refractivity contribution in [2.24, 2.45) is 5.92 Å². The van der Waals surface area contributed by atoms with Crippen molar-refractivity contribution in [3.8, 4) is 0 Å². The van der Waals surface area contributed by atoms with Gasteiger partial charge in [0.25, 0.3) is 0 Å². The summed E-state index contributed by atoms with van der Waals surface area (Å²) in [5, 5.41) is 0.429. The fourth-order valence-electron chi connectivity index (χ4n) is 2.46. The Morgan fingerprint density at radius 2 is 2.19 bits per heavy atom. The third kappa shape index (κ3) is 4.42. The smallest absolute Gasteiger partial charge is 0.211 e. The molecule has 1 heterocycles. The van der Waals surface area contributed by atoms with Crippen LogP contribution in [-0.2, 0) is 20.8 Å². The summed E-state index contributed by atoms with van der Waals surface area (Å²) in [6, 6.07) is 4.92. The zero-order valence-electron chi connectivity index (χ0n) is 11.8. The van der Waals surface area contributed by atoms with E-state index in [9.17, 15) is 12.6 Å². The highest BCUT2D eigenvalue weighted by Gasteiger charge is 2.27. The monoisotopic (exact) mass is 350 g/mol. The molecule has 1 aromatic carbocycles. The van der Waals surface area contributed by atoms with Gasteiger partial charge in [0.2, 0.25) is 10.0 Å². The van der Waals surface area contributed by atoms with Gasteiger partial charge in [-0.2, -0.15) is 0 Å². The van der Waals surface area contributed by atoms with Gasteiger partial charge in [-0.1, -0.05) is 11.6 Å². The molecule has 2 atom stereocenters. The first kappa shape index (κ1) is 16.7. The Hall–Kier alpha value is -0.630. The van der Waals surface area contributed by atoms with Crippen LogP contribution in [0, 0.1) is 5.92 Å². The zero-order valence-corrected chi connectivity index (χ0v) is 14.2. The van der Waals surface area contributed by atoms with E-state index >= 15 is 0 Å². The number of benzene rings is 1. The Morgan fingerprint density at radius 1 is 1.48 bits per heavy atom. The van der Waals surface area contributed by atoms with Crippen molar-refractivity contribution in [1.82, 2.24) is 4.31 Å². The molecule has 0 aliphatic carbocycles. The number of nitrogens with two attached hydrogens (primary N) is 1. The van der Waals surface area contributed by atoms with Crippen LogP contribution in [0.1, 0.15) is 12.8 Å². The molecule has 0 bridgehead atoms. The maximum Gasteiger partial charge on any atom is 0.211 e. The first-order valence-corrected chi connectivity index (χ1v) is 10.2. The fraction of sp³-hybridized carbons (Fsp3) is 0.538. The average Bonchev–Trinajstić information content (AvgIpc) is 2.41. The van der Waals surface area contributed by atoms with Crippen LogP contribution < -0.4 is 5.73 Å². The number of hydrogen-bond donors (Lipinski definition) is 1. The normalized spacial score (nSPS) is 22.1. The summed E-state index contributed by atoms with van der Waals surface area (Å²) in [4.78, 5) is 0.521. The number of sulfonamides is 1. The Labute approximate surface area is 133 Å². The average molecular weight is 351 g/mol. The maximum atomic E-state index is 12.4. The highest BCUT2D eigenvalue weighted by molar-refractivity contribution is 7.88. The second-order valence-electron chi connectivity index (χ2n) is 5.33. The summed E-state index contributed by atoms with van der Waals surface area (Å²) >= 11 is 6.06. The molecule has 2 unspecified atom stereocenters. The molecule has 1 aliphatic rings. The van der Waals surface area contributed by atoms with E-state index in [4.69, 9.17) is 17.3 Å². The Bertz CT molecular complexity index is 649. The molecule has 1 aromatic rings. The molecule has 8 heteroatoms. The molecule has 2 N–H and O–H groups in total. The Balaban J connectivity index is 2.07. The van der Waals surface area contributed by atoms with Gasteiger partial charge in [0.1, 0.15) is 0 Å². The topological polar surface area (TPSA) is 80.5 Å². The lowest BCUT2D eigenvalue weighted by molar-refractivity contribution is 0.285. The third-order valence-electron chi connectivity index (χ3n) is 3.54. The number of anilines is 1.